The molecule has 0 radical (unpaired) electrons. The lowest BCUT2D eigenvalue weighted by molar-refractivity contribution is -0.672. The highest BCUT2D eigenvalue weighted by Gasteiger charge is 1.97. The van der Waals surface area contributed by atoms with Gasteiger partial charge in [-0.3, -0.25) is 0 Å². The zero-order valence-electron chi connectivity index (χ0n) is 10.7. The molecule has 0 aromatic heterocycles. The molecule has 1 rings (SSSR count). The Bertz CT molecular complexity index is 324. The second kappa shape index (κ2) is 9.65. The summed E-state index contributed by atoms with van der Waals surface area (Å²) in [6.45, 7) is 7.14. The fourth-order valence-electron chi connectivity index (χ4n) is 1.48. The maximum Gasteiger partial charge on any atom is 0.119 e. The molecule has 0 saturated carbocycles. The first-order chi connectivity index (χ1) is 8.86. The maximum absolute atomic E-state index is 8.54. The van der Waals surface area contributed by atoms with Gasteiger partial charge in [-0.05, 0) is 24.3 Å². The molecule has 0 aliphatic rings. The van der Waals surface area contributed by atoms with E-state index in [9.17, 15) is 0 Å². The predicted octanol–water partition coefficient (Wildman–Crippen LogP) is 0.324. The second-order valence-corrected chi connectivity index (χ2v) is 3.86. The summed E-state index contributed by atoms with van der Waals surface area (Å²) in [5.74, 6) is 0.866. The predicted molar refractivity (Wildman–Crippen MR) is 70.5 cm³/mol. The van der Waals surface area contributed by atoms with Crippen molar-refractivity contribution < 1.29 is 19.9 Å². The van der Waals surface area contributed by atoms with Crippen LogP contribution in [-0.4, -0.2) is 38.1 Å². The number of ether oxygens (including phenoxy) is 2. The topological polar surface area (TPSA) is 55.3 Å². The number of hydrogen-bond acceptors (Lipinski definition) is 3. The van der Waals surface area contributed by atoms with Crippen molar-refractivity contribution in [1.29, 1.82) is 0 Å². The van der Waals surface area contributed by atoms with Crippen LogP contribution in [0.4, 0.5) is 0 Å². The Morgan fingerprint density at radius 1 is 1.22 bits per heavy atom. The van der Waals surface area contributed by atoms with Crippen LogP contribution in [-0.2, 0) is 11.3 Å². The summed E-state index contributed by atoms with van der Waals surface area (Å²) in [5.41, 5.74) is 1.25. The molecule has 0 saturated heterocycles. The summed E-state index contributed by atoms with van der Waals surface area (Å²) in [7, 11) is 0. The molecule has 1 aromatic carbocycles. The minimum atomic E-state index is 0.0895. The Balaban J connectivity index is 2.16. The standard InChI is InChI=1S/C14H21NO3/c1-2-9-18-14-5-3-13(4-6-14)12-15-7-10-17-11-8-16/h2-6,15-16H,1,7-12H2/p+1. The summed E-state index contributed by atoms with van der Waals surface area (Å²) in [6.07, 6.45) is 1.73. The summed E-state index contributed by atoms with van der Waals surface area (Å²) in [5, 5.41) is 10.7. The van der Waals surface area contributed by atoms with Gasteiger partial charge in [-0.15, -0.1) is 0 Å². The smallest absolute Gasteiger partial charge is 0.119 e. The minimum Gasteiger partial charge on any atom is -0.490 e. The summed E-state index contributed by atoms with van der Waals surface area (Å²) < 4.78 is 10.6. The van der Waals surface area contributed by atoms with E-state index in [1.54, 1.807) is 6.08 Å². The summed E-state index contributed by atoms with van der Waals surface area (Å²) in [6, 6.07) is 8.05. The first kappa shape index (κ1) is 14.7. The summed E-state index contributed by atoms with van der Waals surface area (Å²) >= 11 is 0. The molecule has 0 aliphatic carbocycles. The largest absolute Gasteiger partial charge is 0.490 e. The molecule has 4 heteroatoms. The molecular formula is C14H22NO3+. The van der Waals surface area contributed by atoms with Crippen LogP contribution >= 0.6 is 0 Å². The second-order valence-electron chi connectivity index (χ2n) is 3.86. The number of benzene rings is 1. The third kappa shape index (κ3) is 6.39. The molecule has 0 unspecified atom stereocenters. The lowest BCUT2D eigenvalue weighted by Gasteiger charge is -2.05. The monoisotopic (exact) mass is 252 g/mol. The van der Waals surface area contributed by atoms with Crippen molar-refractivity contribution in [2.45, 2.75) is 6.54 Å². The Kier molecular flexibility index (Phi) is 7.88. The Morgan fingerprint density at radius 2 is 2.00 bits per heavy atom. The van der Waals surface area contributed by atoms with Gasteiger partial charge in [-0.1, -0.05) is 12.7 Å². The van der Waals surface area contributed by atoms with E-state index in [1.807, 2.05) is 12.1 Å². The zero-order chi connectivity index (χ0) is 13.1. The quantitative estimate of drug-likeness (QED) is 0.466. The van der Waals surface area contributed by atoms with Crippen LogP contribution < -0.4 is 10.1 Å². The zero-order valence-corrected chi connectivity index (χ0v) is 10.7. The number of aliphatic hydroxyl groups excluding tert-OH is 1. The van der Waals surface area contributed by atoms with E-state index in [1.165, 1.54) is 5.56 Å². The van der Waals surface area contributed by atoms with Crippen LogP contribution in [0.15, 0.2) is 36.9 Å². The fraction of sp³-hybridized carbons (Fsp3) is 0.429. The van der Waals surface area contributed by atoms with E-state index in [0.717, 1.165) is 18.8 Å². The molecular weight excluding hydrogens is 230 g/mol. The number of aliphatic hydroxyl groups is 1. The Morgan fingerprint density at radius 3 is 2.67 bits per heavy atom. The molecule has 100 valence electrons. The molecule has 0 aliphatic heterocycles. The van der Waals surface area contributed by atoms with Crippen LogP contribution in [0.2, 0.25) is 0 Å². The van der Waals surface area contributed by atoms with Crippen LogP contribution in [0.3, 0.4) is 0 Å². The third-order valence-electron chi connectivity index (χ3n) is 2.37. The lowest BCUT2D eigenvalue weighted by atomic mass is 10.2. The van der Waals surface area contributed by atoms with E-state index < -0.39 is 0 Å². The molecule has 0 spiro atoms. The number of rotatable bonds is 10. The van der Waals surface area contributed by atoms with Crippen molar-refractivity contribution in [3.05, 3.63) is 42.5 Å². The molecule has 0 heterocycles. The van der Waals surface area contributed by atoms with Gasteiger partial charge in [0, 0.05) is 5.56 Å². The van der Waals surface area contributed by atoms with Gasteiger partial charge < -0.3 is 19.9 Å². The van der Waals surface area contributed by atoms with Crippen molar-refractivity contribution in [1.82, 2.24) is 0 Å². The van der Waals surface area contributed by atoms with Crippen molar-refractivity contribution >= 4 is 0 Å². The number of quaternary nitrogens is 1. The van der Waals surface area contributed by atoms with E-state index in [-0.39, 0.29) is 6.61 Å². The highest BCUT2D eigenvalue weighted by molar-refractivity contribution is 5.26. The fourth-order valence-corrected chi connectivity index (χ4v) is 1.48. The molecule has 0 fully saturated rings. The molecule has 0 atom stereocenters. The van der Waals surface area contributed by atoms with Crippen molar-refractivity contribution in [3.63, 3.8) is 0 Å². The van der Waals surface area contributed by atoms with E-state index in [4.69, 9.17) is 14.6 Å². The average molecular weight is 252 g/mol. The van der Waals surface area contributed by atoms with Gasteiger partial charge >= 0.3 is 0 Å². The Labute approximate surface area is 108 Å². The lowest BCUT2D eigenvalue weighted by Crippen LogP contribution is -2.83. The highest BCUT2D eigenvalue weighted by Crippen LogP contribution is 2.11. The van der Waals surface area contributed by atoms with Crippen LogP contribution in [0.25, 0.3) is 0 Å². The maximum atomic E-state index is 8.54. The van der Waals surface area contributed by atoms with Gasteiger partial charge in [-0.25, -0.2) is 0 Å². The SMILES string of the molecule is C=CCOc1ccc(C[NH2+]CCOCCO)cc1. The van der Waals surface area contributed by atoms with E-state index in [0.29, 0.717) is 19.8 Å². The van der Waals surface area contributed by atoms with E-state index in [2.05, 4.69) is 24.0 Å². The van der Waals surface area contributed by atoms with Gasteiger partial charge in [0.25, 0.3) is 0 Å². The van der Waals surface area contributed by atoms with Gasteiger partial charge in [0.05, 0.1) is 26.4 Å². The molecule has 1 aromatic rings. The van der Waals surface area contributed by atoms with Gasteiger partial charge in [-0.2, -0.15) is 0 Å². The molecule has 0 amide bonds. The average Bonchev–Trinajstić information content (AvgIpc) is 2.42. The van der Waals surface area contributed by atoms with Gasteiger partial charge in [0.1, 0.15) is 18.9 Å². The number of hydrogen-bond donors (Lipinski definition) is 2. The molecule has 3 N–H and O–H groups in total. The molecule has 0 bridgehead atoms. The van der Waals surface area contributed by atoms with E-state index >= 15 is 0 Å². The third-order valence-corrected chi connectivity index (χ3v) is 2.37. The first-order valence-electron chi connectivity index (χ1n) is 6.19. The van der Waals surface area contributed by atoms with Crippen LogP contribution in [0.1, 0.15) is 5.56 Å². The molecule has 4 nitrogen and oxygen atoms in total. The normalized spacial score (nSPS) is 10.3. The first-order valence-corrected chi connectivity index (χ1v) is 6.19. The van der Waals surface area contributed by atoms with Gasteiger partial charge in [0.15, 0.2) is 0 Å². The Hall–Kier alpha value is -1.36. The minimum absolute atomic E-state index is 0.0895. The van der Waals surface area contributed by atoms with Crippen LogP contribution in [0, 0.1) is 0 Å². The summed E-state index contributed by atoms with van der Waals surface area (Å²) in [4.78, 5) is 0. The highest BCUT2D eigenvalue weighted by atomic mass is 16.5. The van der Waals surface area contributed by atoms with Crippen molar-refractivity contribution in [2.75, 3.05) is 33.0 Å². The molecule has 18 heavy (non-hydrogen) atoms. The van der Waals surface area contributed by atoms with Gasteiger partial charge in [0.2, 0.25) is 0 Å². The number of nitrogens with two attached hydrogens (primary N) is 1. The van der Waals surface area contributed by atoms with Crippen LogP contribution in [0.5, 0.6) is 5.75 Å². The van der Waals surface area contributed by atoms with Crippen molar-refractivity contribution in [3.8, 4) is 5.75 Å². The van der Waals surface area contributed by atoms with Crippen molar-refractivity contribution in [2.24, 2.45) is 0 Å².